The number of piperidine rings is 1. The molecule has 2 heterocycles. The van der Waals surface area contributed by atoms with Gasteiger partial charge in [0.2, 0.25) is 0 Å². The smallest absolute Gasteiger partial charge is 0.0993 e. The summed E-state index contributed by atoms with van der Waals surface area (Å²) in [5.41, 5.74) is 4.02. The Labute approximate surface area is 131 Å². The lowest BCUT2D eigenvalue weighted by atomic mass is 9.74. The maximum Gasteiger partial charge on any atom is 0.0993 e. The molecule has 1 fully saturated rings. The highest BCUT2D eigenvalue weighted by Crippen LogP contribution is 2.43. The predicted octanol–water partition coefficient (Wildman–Crippen LogP) is 2.63. The maximum atomic E-state index is 10.3. The van der Waals surface area contributed by atoms with Crippen LogP contribution in [0.25, 0.3) is 10.9 Å². The van der Waals surface area contributed by atoms with Crippen molar-refractivity contribution < 1.29 is 9.84 Å². The summed E-state index contributed by atoms with van der Waals surface area (Å²) in [6.45, 7) is 4.26. The summed E-state index contributed by atoms with van der Waals surface area (Å²) in [6, 6.07) is 6.94. The minimum atomic E-state index is -0.262. The van der Waals surface area contributed by atoms with Gasteiger partial charge in [-0.1, -0.05) is 19.1 Å². The van der Waals surface area contributed by atoms with Crippen molar-refractivity contribution in [1.29, 1.82) is 0 Å². The molecule has 1 aromatic carbocycles. The molecule has 2 aliphatic rings. The van der Waals surface area contributed by atoms with Crippen LogP contribution in [0.15, 0.2) is 24.4 Å². The molecule has 0 bridgehead atoms. The first-order valence-electron chi connectivity index (χ1n) is 8.36. The number of β-amino-alcohol motifs (C(OH)–C–C–N with tert-alkyl or cyclic N) is 1. The molecule has 2 aromatic rings. The Balaban J connectivity index is 1.67. The van der Waals surface area contributed by atoms with Crippen molar-refractivity contribution in [2.24, 2.45) is 0 Å². The second kappa shape index (κ2) is 5.69. The summed E-state index contributed by atoms with van der Waals surface area (Å²) < 4.78 is 5.77. The summed E-state index contributed by atoms with van der Waals surface area (Å²) in [6.07, 6.45) is 4.83. The van der Waals surface area contributed by atoms with Crippen LogP contribution in [0.4, 0.5) is 0 Å². The Kier molecular flexibility index (Phi) is 3.68. The molecule has 4 nitrogen and oxygen atoms in total. The summed E-state index contributed by atoms with van der Waals surface area (Å²) in [7, 11) is 0. The van der Waals surface area contributed by atoms with E-state index in [1.54, 1.807) is 0 Å². The number of aromatic nitrogens is 1. The third-order valence-electron chi connectivity index (χ3n) is 5.16. The van der Waals surface area contributed by atoms with Gasteiger partial charge in [-0.25, -0.2) is 0 Å². The third kappa shape index (κ3) is 2.26. The second-order valence-electron chi connectivity index (χ2n) is 6.66. The van der Waals surface area contributed by atoms with Crippen LogP contribution in [0.1, 0.15) is 36.8 Å². The molecule has 2 N–H and O–H groups in total. The molecule has 118 valence electrons. The van der Waals surface area contributed by atoms with Gasteiger partial charge >= 0.3 is 0 Å². The molecule has 22 heavy (non-hydrogen) atoms. The zero-order valence-corrected chi connectivity index (χ0v) is 13.1. The zero-order chi connectivity index (χ0) is 15.1. The highest BCUT2D eigenvalue weighted by molar-refractivity contribution is 5.88. The van der Waals surface area contributed by atoms with E-state index in [0.29, 0.717) is 18.7 Å². The molecule has 1 aromatic heterocycles. The molecule has 4 rings (SSSR count). The van der Waals surface area contributed by atoms with Crippen molar-refractivity contribution in [3.8, 4) is 0 Å². The first kappa shape index (κ1) is 14.2. The van der Waals surface area contributed by atoms with Crippen LogP contribution >= 0.6 is 0 Å². The fourth-order valence-electron chi connectivity index (χ4n) is 4.25. The van der Waals surface area contributed by atoms with E-state index in [1.165, 1.54) is 22.0 Å². The second-order valence-corrected chi connectivity index (χ2v) is 6.66. The predicted molar refractivity (Wildman–Crippen MR) is 87.0 cm³/mol. The molecule has 4 heteroatoms. The minimum Gasteiger partial charge on any atom is -0.392 e. The van der Waals surface area contributed by atoms with Crippen molar-refractivity contribution in [2.45, 2.75) is 44.2 Å². The first-order chi connectivity index (χ1) is 10.8. The topological polar surface area (TPSA) is 48.5 Å². The number of nitrogens with one attached hydrogen (secondary N) is 1. The molecule has 0 saturated carbocycles. The number of benzene rings is 1. The van der Waals surface area contributed by atoms with E-state index in [0.717, 1.165) is 32.4 Å². The summed E-state index contributed by atoms with van der Waals surface area (Å²) >= 11 is 0. The molecule has 0 radical (unpaired) electrons. The van der Waals surface area contributed by atoms with Crippen LogP contribution in [-0.4, -0.2) is 47.0 Å². The van der Waals surface area contributed by atoms with Gasteiger partial charge in [-0.15, -0.1) is 0 Å². The quantitative estimate of drug-likeness (QED) is 0.853. The molecule has 1 aliphatic carbocycles. The summed E-state index contributed by atoms with van der Waals surface area (Å²) in [5.74, 6) is 0.404. The highest BCUT2D eigenvalue weighted by Gasteiger charge is 2.40. The lowest BCUT2D eigenvalue weighted by Gasteiger charge is -2.45. The first-order valence-corrected chi connectivity index (χ1v) is 8.36. The van der Waals surface area contributed by atoms with Crippen molar-refractivity contribution in [2.75, 3.05) is 19.9 Å². The fourth-order valence-corrected chi connectivity index (χ4v) is 4.25. The number of hydrogen-bond donors (Lipinski definition) is 2. The molecule has 1 aliphatic heterocycles. The van der Waals surface area contributed by atoms with E-state index in [2.05, 4.69) is 41.2 Å². The van der Waals surface area contributed by atoms with E-state index in [1.807, 2.05) is 0 Å². The summed E-state index contributed by atoms with van der Waals surface area (Å²) in [5, 5.41) is 11.7. The number of ether oxygens (including phenoxy) is 1. The minimum absolute atomic E-state index is 0.262. The molecule has 1 unspecified atom stereocenters. The summed E-state index contributed by atoms with van der Waals surface area (Å²) in [4.78, 5) is 5.73. The van der Waals surface area contributed by atoms with E-state index in [9.17, 15) is 5.11 Å². The number of nitrogens with zero attached hydrogens (tertiary/aromatic N) is 1. The zero-order valence-electron chi connectivity index (χ0n) is 13.1. The van der Waals surface area contributed by atoms with Gasteiger partial charge in [-0.2, -0.15) is 0 Å². The maximum absolute atomic E-state index is 10.3. The van der Waals surface area contributed by atoms with Gasteiger partial charge in [0.05, 0.1) is 12.8 Å². The van der Waals surface area contributed by atoms with Crippen molar-refractivity contribution in [3.05, 3.63) is 35.5 Å². The Hall–Kier alpha value is -1.36. The number of likely N-dealkylation sites (tertiary alicyclic amines) is 1. The van der Waals surface area contributed by atoms with Gasteiger partial charge in [0.1, 0.15) is 0 Å². The molecule has 3 atom stereocenters. The Bertz CT molecular complexity index is 666. The highest BCUT2D eigenvalue weighted by atomic mass is 16.5. The largest absolute Gasteiger partial charge is 0.392 e. The average molecular weight is 300 g/mol. The number of hydrogen-bond acceptors (Lipinski definition) is 3. The van der Waals surface area contributed by atoms with Crippen LogP contribution in [0.5, 0.6) is 0 Å². The Morgan fingerprint density at radius 3 is 3.18 bits per heavy atom. The molecule has 1 saturated heterocycles. The van der Waals surface area contributed by atoms with Crippen LogP contribution < -0.4 is 0 Å². The van der Waals surface area contributed by atoms with Crippen LogP contribution in [0.3, 0.4) is 0 Å². The van der Waals surface area contributed by atoms with Gasteiger partial charge < -0.3 is 14.8 Å². The Morgan fingerprint density at radius 1 is 1.41 bits per heavy atom. The third-order valence-corrected chi connectivity index (χ3v) is 5.16. The number of fused-ring (bicyclic) bond motifs is 2. The molecule has 0 spiro atoms. The number of aromatic amines is 1. The van der Waals surface area contributed by atoms with Gasteiger partial charge in [-0.3, -0.25) is 4.90 Å². The van der Waals surface area contributed by atoms with E-state index >= 15 is 0 Å². The van der Waals surface area contributed by atoms with E-state index < -0.39 is 0 Å². The van der Waals surface area contributed by atoms with Gasteiger partial charge in [0.15, 0.2) is 0 Å². The number of H-pyrrole nitrogens is 1. The molecular weight excluding hydrogens is 276 g/mol. The lowest BCUT2D eigenvalue weighted by Crippen LogP contribution is -2.52. The number of aliphatic hydroxyl groups is 1. The number of rotatable bonds is 4. The van der Waals surface area contributed by atoms with E-state index in [-0.39, 0.29) is 6.10 Å². The van der Waals surface area contributed by atoms with Crippen molar-refractivity contribution in [3.63, 3.8) is 0 Å². The molecular formula is C18H24N2O2. The molecule has 0 amide bonds. The normalized spacial score (nSPS) is 28.0. The lowest BCUT2D eigenvalue weighted by molar-refractivity contribution is -0.0537. The van der Waals surface area contributed by atoms with Gasteiger partial charge in [0.25, 0.3) is 0 Å². The Morgan fingerprint density at radius 2 is 2.32 bits per heavy atom. The SMILES string of the molecule is CCCOCN1C[C@H](O)CC2c3cccc4[nH]cc(c34)C[C@H]21. The van der Waals surface area contributed by atoms with Gasteiger partial charge in [0, 0.05) is 42.2 Å². The average Bonchev–Trinajstić information content (AvgIpc) is 2.93. The van der Waals surface area contributed by atoms with Crippen LogP contribution in [-0.2, 0) is 11.2 Å². The fraction of sp³-hybridized carbons (Fsp3) is 0.556. The van der Waals surface area contributed by atoms with Crippen molar-refractivity contribution >= 4 is 10.9 Å². The van der Waals surface area contributed by atoms with Gasteiger partial charge in [-0.05, 0) is 36.5 Å². The van der Waals surface area contributed by atoms with Crippen LogP contribution in [0.2, 0.25) is 0 Å². The van der Waals surface area contributed by atoms with Crippen molar-refractivity contribution in [1.82, 2.24) is 9.88 Å². The number of aliphatic hydroxyl groups excluding tert-OH is 1. The standard InChI is InChI=1S/C18H24N2O2/c1-2-6-22-11-20-10-13(21)8-15-14-4-3-5-16-18(14)12(9-19-16)7-17(15)20/h3-5,9,13,15,17,19,21H,2,6-8,10-11H2,1H3/t13-,15?,17-/m1/s1. The monoisotopic (exact) mass is 300 g/mol. The van der Waals surface area contributed by atoms with Crippen LogP contribution in [0, 0.1) is 0 Å². The van der Waals surface area contributed by atoms with E-state index in [4.69, 9.17) is 4.74 Å².